The normalized spacial score (nSPS) is 15.6. The Bertz CT molecular complexity index is 945. The van der Waals surface area contributed by atoms with Gasteiger partial charge in [-0.25, -0.2) is 15.0 Å². The fourth-order valence-electron chi connectivity index (χ4n) is 3.33. The van der Waals surface area contributed by atoms with Gasteiger partial charge in [0.2, 0.25) is 0 Å². The lowest BCUT2D eigenvalue weighted by Crippen LogP contribution is -2.37. The summed E-state index contributed by atoms with van der Waals surface area (Å²) in [6.45, 7) is 4.40. The zero-order valence-corrected chi connectivity index (χ0v) is 14.2. The highest BCUT2D eigenvalue weighted by Gasteiger charge is 2.21. The highest BCUT2D eigenvalue weighted by molar-refractivity contribution is 5.71. The molecule has 128 valence electrons. The van der Waals surface area contributed by atoms with E-state index in [1.807, 2.05) is 19.1 Å². The Kier molecular flexibility index (Phi) is 4.13. The van der Waals surface area contributed by atoms with Crippen molar-refractivity contribution in [1.29, 1.82) is 0 Å². The first-order valence-electron chi connectivity index (χ1n) is 8.54. The molecule has 1 fully saturated rings. The van der Waals surface area contributed by atoms with Crippen LogP contribution in [0.25, 0.3) is 11.2 Å². The second-order valence-corrected chi connectivity index (χ2v) is 6.53. The maximum atomic E-state index is 12.1. The van der Waals surface area contributed by atoms with Gasteiger partial charge in [0.25, 0.3) is 5.56 Å². The standard InChI is InChI=1S/C18H20N6O/c1-13-10-19-12-24(18(13)25)11-14-4-8-23(9-5-14)16-3-2-15-17(22-16)21-7-6-20-15/h2-3,6-7,10,12,14H,4-5,8-9,11H2,1H3. The van der Waals surface area contributed by atoms with Crippen LogP contribution in [0.1, 0.15) is 18.4 Å². The Morgan fingerprint density at radius 3 is 2.80 bits per heavy atom. The summed E-state index contributed by atoms with van der Waals surface area (Å²) in [5.41, 5.74) is 2.25. The Hall–Kier alpha value is -2.83. The van der Waals surface area contributed by atoms with Crippen molar-refractivity contribution < 1.29 is 0 Å². The van der Waals surface area contributed by atoms with Crippen LogP contribution < -0.4 is 10.5 Å². The van der Waals surface area contributed by atoms with Crippen LogP contribution in [0.4, 0.5) is 5.82 Å². The van der Waals surface area contributed by atoms with Crippen LogP contribution in [0.5, 0.6) is 0 Å². The molecular weight excluding hydrogens is 316 g/mol. The molecule has 3 aromatic heterocycles. The third-order valence-electron chi connectivity index (χ3n) is 4.78. The van der Waals surface area contributed by atoms with E-state index in [0.717, 1.165) is 43.8 Å². The average molecular weight is 336 g/mol. The summed E-state index contributed by atoms with van der Waals surface area (Å²) in [4.78, 5) is 31.7. The lowest BCUT2D eigenvalue weighted by atomic mass is 9.96. The summed E-state index contributed by atoms with van der Waals surface area (Å²) in [5.74, 6) is 1.43. The zero-order chi connectivity index (χ0) is 17.2. The molecule has 0 spiro atoms. The van der Waals surface area contributed by atoms with E-state index in [1.165, 1.54) is 0 Å². The molecular formula is C18H20N6O. The van der Waals surface area contributed by atoms with E-state index < -0.39 is 0 Å². The number of hydrogen-bond donors (Lipinski definition) is 0. The third kappa shape index (κ3) is 3.22. The Labute approximate surface area is 145 Å². The van der Waals surface area contributed by atoms with Gasteiger partial charge >= 0.3 is 0 Å². The summed E-state index contributed by atoms with van der Waals surface area (Å²) in [6.07, 6.45) is 8.67. The van der Waals surface area contributed by atoms with E-state index in [-0.39, 0.29) is 5.56 Å². The van der Waals surface area contributed by atoms with Crippen LogP contribution in [0.2, 0.25) is 0 Å². The first kappa shape index (κ1) is 15.7. The van der Waals surface area contributed by atoms with Gasteiger partial charge in [-0.3, -0.25) is 14.3 Å². The summed E-state index contributed by atoms with van der Waals surface area (Å²) >= 11 is 0. The Morgan fingerprint density at radius 2 is 1.96 bits per heavy atom. The Morgan fingerprint density at radius 1 is 1.16 bits per heavy atom. The zero-order valence-electron chi connectivity index (χ0n) is 14.2. The van der Waals surface area contributed by atoms with Crippen molar-refractivity contribution in [3.8, 4) is 0 Å². The molecule has 4 rings (SSSR count). The van der Waals surface area contributed by atoms with Crippen molar-refractivity contribution in [3.63, 3.8) is 0 Å². The molecule has 0 unspecified atom stereocenters. The molecule has 0 saturated carbocycles. The number of pyridine rings is 1. The lowest BCUT2D eigenvalue weighted by molar-refractivity contribution is 0.350. The van der Waals surface area contributed by atoms with Crippen LogP contribution in [0.15, 0.2) is 41.8 Å². The number of anilines is 1. The summed E-state index contributed by atoms with van der Waals surface area (Å²) < 4.78 is 1.74. The van der Waals surface area contributed by atoms with Crippen molar-refractivity contribution in [2.24, 2.45) is 5.92 Å². The number of aryl methyl sites for hydroxylation is 1. The van der Waals surface area contributed by atoms with E-state index >= 15 is 0 Å². The lowest BCUT2D eigenvalue weighted by Gasteiger charge is -2.33. The number of rotatable bonds is 3. The van der Waals surface area contributed by atoms with Crippen LogP contribution in [0, 0.1) is 12.8 Å². The van der Waals surface area contributed by atoms with Gasteiger partial charge in [0.15, 0.2) is 5.65 Å². The summed E-state index contributed by atoms with van der Waals surface area (Å²) in [7, 11) is 0. The van der Waals surface area contributed by atoms with E-state index in [4.69, 9.17) is 0 Å². The van der Waals surface area contributed by atoms with E-state index in [9.17, 15) is 4.79 Å². The van der Waals surface area contributed by atoms with Gasteiger partial charge in [0.05, 0.1) is 6.33 Å². The van der Waals surface area contributed by atoms with Crippen LogP contribution in [-0.2, 0) is 6.54 Å². The van der Waals surface area contributed by atoms with Crippen molar-refractivity contribution in [2.45, 2.75) is 26.3 Å². The number of fused-ring (bicyclic) bond motifs is 1. The minimum Gasteiger partial charge on any atom is -0.357 e. The molecule has 0 aliphatic carbocycles. The van der Waals surface area contributed by atoms with Crippen molar-refractivity contribution >= 4 is 17.0 Å². The number of hydrogen-bond acceptors (Lipinski definition) is 6. The molecule has 3 aromatic rings. The molecule has 25 heavy (non-hydrogen) atoms. The fourth-order valence-corrected chi connectivity index (χ4v) is 3.33. The molecule has 7 heteroatoms. The van der Waals surface area contributed by atoms with Gasteiger partial charge in [-0.1, -0.05) is 0 Å². The van der Waals surface area contributed by atoms with E-state index in [0.29, 0.717) is 17.1 Å². The smallest absolute Gasteiger partial charge is 0.256 e. The molecule has 1 aliphatic rings. The van der Waals surface area contributed by atoms with Crippen LogP contribution in [-0.4, -0.2) is 37.6 Å². The van der Waals surface area contributed by atoms with Crippen molar-refractivity contribution in [1.82, 2.24) is 24.5 Å². The monoisotopic (exact) mass is 336 g/mol. The molecule has 4 heterocycles. The minimum atomic E-state index is 0.0622. The largest absolute Gasteiger partial charge is 0.357 e. The fraction of sp³-hybridized carbons (Fsp3) is 0.389. The van der Waals surface area contributed by atoms with Crippen molar-refractivity contribution in [3.05, 3.63) is 53.0 Å². The highest BCUT2D eigenvalue weighted by Crippen LogP contribution is 2.23. The summed E-state index contributed by atoms with van der Waals surface area (Å²) in [5, 5.41) is 0. The van der Waals surface area contributed by atoms with Crippen LogP contribution >= 0.6 is 0 Å². The second kappa shape index (κ2) is 6.58. The van der Waals surface area contributed by atoms with Crippen LogP contribution in [0.3, 0.4) is 0 Å². The molecule has 1 aliphatic heterocycles. The second-order valence-electron chi connectivity index (χ2n) is 6.53. The van der Waals surface area contributed by atoms with Gasteiger partial charge in [-0.15, -0.1) is 0 Å². The highest BCUT2D eigenvalue weighted by atomic mass is 16.1. The SMILES string of the molecule is Cc1cncn(CC2CCN(c3ccc4nccnc4n3)CC2)c1=O. The number of piperidine rings is 1. The van der Waals surface area contributed by atoms with E-state index in [2.05, 4.69) is 24.8 Å². The topological polar surface area (TPSA) is 76.8 Å². The van der Waals surface area contributed by atoms with Gasteiger partial charge < -0.3 is 4.90 Å². The van der Waals surface area contributed by atoms with Crippen molar-refractivity contribution in [2.75, 3.05) is 18.0 Å². The first-order chi connectivity index (χ1) is 12.2. The van der Waals surface area contributed by atoms with Gasteiger partial charge in [-0.2, -0.15) is 0 Å². The van der Waals surface area contributed by atoms with Gasteiger partial charge in [0.1, 0.15) is 11.3 Å². The molecule has 7 nitrogen and oxygen atoms in total. The molecule has 0 radical (unpaired) electrons. The maximum Gasteiger partial charge on any atom is 0.256 e. The molecule has 0 amide bonds. The molecule has 0 aromatic carbocycles. The minimum absolute atomic E-state index is 0.0622. The molecule has 1 saturated heterocycles. The Balaban J connectivity index is 1.43. The average Bonchev–Trinajstić information content (AvgIpc) is 2.66. The third-order valence-corrected chi connectivity index (χ3v) is 4.78. The molecule has 0 N–H and O–H groups in total. The van der Waals surface area contributed by atoms with Gasteiger partial charge in [-0.05, 0) is 37.8 Å². The predicted octanol–water partition coefficient (Wildman–Crippen LogP) is 1.81. The molecule has 0 bridgehead atoms. The molecule has 0 atom stereocenters. The summed E-state index contributed by atoms with van der Waals surface area (Å²) in [6, 6.07) is 3.97. The number of aromatic nitrogens is 5. The van der Waals surface area contributed by atoms with E-state index in [1.54, 1.807) is 29.5 Å². The predicted molar refractivity (Wildman–Crippen MR) is 95.5 cm³/mol. The quantitative estimate of drug-likeness (QED) is 0.726. The maximum absolute atomic E-state index is 12.1. The first-order valence-corrected chi connectivity index (χ1v) is 8.54. The van der Waals surface area contributed by atoms with Gasteiger partial charge in [0, 0.05) is 43.8 Å². The number of nitrogens with zero attached hydrogens (tertiary/aromatic N) is 6.